The lowest BCUT2D eigenvalue weighted by molar-refractivity contribution is 0.0601. The van der Waals surface area contributed by atoms with Crippen molar-refractivity contribution >= 4 is 5.97 Å². The van der Waals surface area contributed by atoms with E-state index in [4.69, 9.17) is 9.47 Å². The lowest BCUT2D eigenvalue weighted by Crippen LogP contribution is -2.00. The van der Waals surface area contributed by atoms with Crippen molar-refractivity contribution in [2.24, 2.45) is 0 Å². The fraction of sp³-hybridized carbons (Fsp3) is 0.0952. The molecule has 120 valence electrons. The molecule has 0 aliphatic rings. The van der Waals surface area contributed by atoms with Crippen LogP contribution in [0.4, 0.5) is 0 Å². The normalized spacial score (nSPS) is 10.2. The molecule has 3 aromatic carbocycles. The average Bonchev–Trinajstić information content (AvgIpc) is 2.67. The van der Waals surface area contributed by atoms with E-state index in [0.717, 1.165) is 22.4 Å². The van der Waals surface area contributed by atoms with Crippen LogP contribution in [-0.4, -0.2) is 13.1 Å². The van der Waals surface area contributed by atoms with E-state index >= 15 is 0 Å². The number of hydrogen-bond acceptors (Lipinski definition) is 3. The van der Waals surface area contributed by atoms with Crippen LogP contribution in [0.25, 0.3) is 11.1 Å². The molecule has 0 aliphatic heterocycles. The third-order valence-corrected chi connectivity index (χ3v) is 3.72. The molecule has 0 saturated heterocycles. The summed E-state index contributed by atoms with van der Waals surface area (Å²) in [5, 5.41) is 0. The first kappa shape index (κ1) is 15.8. The van der Waals surface area contributed by atoms with E-state index in [9.17, 15) is 4.79 Å². The van der Waals surface area contributed by atoms with Crippen molar-refractivity contribution in [1.29, 1.82) is 0 Å². The van der Waals surface area contributed by atoms with Crippen molar-refractivity contribution in [2.75, 3.05) is 7.11 Å². The van der Waals surface area contributed by atoms with Gasteiger partial charge >= 0.3 is 5.97 Å². The van der Waals surface area contributed by atoms with Crippen LogP contribution in [0.15, 0.2) is 78.9 Å². The van der Waals surface area contributed by atoms with E-state index < -0.39 is 0 Å². The summed E-state index contributed by atoms with van der Waals surface area (Å²) in [6.07, 6.45) is 0. The molecule has 3 rings (SSSR count). The first-order chi connectivity index (χ1) is 11.8. The number of carbonyl (C=O) groups is 1. The van der Waals surface area contributed by atoms with Gasteiger partial charge in [0.2, 0.25) is 0 Å². The van der Waals surface area contributed by atoms with E-state index in [1.165, 1.54) is 7.11 Å². The fourth-order valence-corrected chi connectivity index (χ4v) is 2.42. The predicted octanol–water partition coefficient (Wildman–Crippen LogP) is 4.72. The van der Waals surface area contributed by atoms with Gasteiger partial charge in [-0.3, -0.25) is 0 Å². The minimum Gasteiger partial charge on any atom is -0.489 e. The van der Waals surface area contributed by atoms with Crippen LogP contribution in [0.1, 0.15) is 15.9 Å². The highest BCUT2D eigenvalue weighted by Crippen LogP contribution is 2.25. The topological polar surface area (TPSA) is 35.5 Å². The number of hydrogen-bond donors (Lipinski definition) is 0. The summed E-state index contributed by atoms with van der Waals surface area (Å²) in [6, 6.07) is 25.3. The number of benzene rings is 3. The second kappa shape index (κ2) is 7.47. The standard InChI is InChI=1S/C21H18O3/c1-23-21(22)18-12-10-17(11-13-18)19-8-5-9-20(14-19)24-15-16-6-3-2-4-7-16/h2-14H,15H2,1H3. The Morgan fingerprint density at radius 3 is 2.29 bits per heavy atom. The van der Waals surface area contributed by atoms with Gasteiger partial charge < -0.3 is 9.47 Å². The van der Waals surface area contributed by atoms with Crippen LogP contribution in [0.5, 0.6) is 5.75 Å². The number of ether oxygens (including phenoxy) is 2. The highest BCUT2D eigenvalue weighted by Gasteiger charge is 2.06. The van der Waals surface area contributed by atoms with Crippen LogP contribution >= 0.6 is 0 Å². The van der Waals surface area contributed by atoms with Crippen LogP contribution in [0.3, 0.4) is 0 Å². The quantitative estimate of drug-likeness (QED) is 0.639. The van der Waals surface area contributed by atoms with Gasteiger partial charge in [0.15, 0.2) is 0 Å². The highest BCUT2D eigenvalue weighted by atomic mass is 16.5. The fourth-order valence-electron chi connectivity index (χ4n) is 2.42. The molecule has 0 aliphatic carbocycles. The molecule has 0 amide bonds. The zero-order valence-electron chi connectivity index (χ0n) is 13.4. The molecule has 0 saturated carbocycles. The Morgan fingerprint density at radius 1 is 0.833 bits per heavy atom. The number of carbonyl (C=O) groups excluding carboxylic acids is 1. The molecule has 0 unspecified atom stereocenters. The van der Waals surface area contributed by atoms with E-state index in [2.05, 4.69) is 0 Å². The Morgan fingerprint density at radius 2 is 1.58 bits per heavy atom. The maximum atomic E-state index is 11.5. The Balaban J connectivity index is 1.74. The zero-order valence-corrected chi connectivity index (χ0v) is 13.4. The lowest BCUT2D eigenvalue weighted by atomic mass is 10.0. The van der Waals surface area contributed by atoms with Gasteiger partial charge in [0.05, 0.1) is 12.7 Å². The van der Waals surface area contributed by atoms with Gasteiger partial charge in [-0.15, -0.1) is 0 Å². The lowest BCUT2D eigenvalue weighted by Gasteiger charge is -2.09. The second-order valence-corrected chi connectivity index (χ2v) is 5.37. The molecule has 0 bridgehead atoms. The Hall–Kier alpha value is -3.07. The Kier molecular flexibility index (Phi) is 4.92. The van der Waals surface area contributed by atoms with Gasteiger partial charge in [-0.2, -0.15) is 0 Å². The molecule has 3 heteroatoms. The summed E-state index contributed by atoms with van der Waals surface area (Å²) in [7, 11) is 1.38. The van der Waals surface area contributed by atoms with Crippen molar-refractivity contribution in [1.82, 2.24) is 0 Å². The first-order valence-corrected chi connectivity index (χ1v) is 7.72. The first-order valence-electron chi connectivity index (χ1n) is 7.72. The van der Waals surface area contributed by atoms with Crippen molar-refractivity contribution in [2.45, 2.75) is 6.61 Å². The zero-order chi connectivity index (χ0) is 16.8. The maximum Gasteiger partial charge on any atom is 0.337 e. The van der Waals surface area contributed by atoms with Gasteiger partial charge in [-0.1, -0.05) is 54.6 Å². The van der Waals surface area contributed by atoms with Crippen molar-refractivity contribution in [3.8, 4) is 16.9 Å². The van der Waals surface area contributed by atoms with Gasteiger partial charge in [0.1, 0.15) is 12.4 Å². The minimum atomic E-state index is -0.332. The monoisotopic (exact) mass is 318 g/mol. The number of esters is 1. The van der Waals surface area contributed by atoms with Crippen molar-refractivity contribution in [3.05, 3.63) is 90.0 Å². The number of methoxy groups -OCH3 is 1. The largest absolute Gasteiger partial charge is 0.489 e. The van der Waals surface area contributed by atoms with Crippen LogP contribution in [-0.2, 0) is 11.3 Å². The van der Waals surface area contributed by atoms with E-state index in [1.807, 2.05) is 66.7 Å². The van der Waals surface area contributed by atoms with E-state index in [-0.39, 0.29) is 5.97 Å². The molecule has 3 nitrogen and oxygen atoms in total. The Labute approximate surface area is 141 Å². The molecular formula is C21H18O3. The minimum absolute atomic E-state index is 0.332. The summed E-state index contributed by atoms with van der Waals surface area (Å²) in [5.41, 5.74) is 3.73. The van der Waals surface area contributed by atoms with Crippen LogP contribution in [0, 0.1) is 0 Å². The molecule has 0 heterocycles. The Bertz CT molecular complexity index is 808. The average molecular weight is 318 g/mol. The summed E-state index contributed by atoms with van der Waals surface area (Å²) in [5.74, 6) is 0.481. The summed E-state index contributed by atoms with van der Waals surface area (Å²) >= 11 is 0. The molecule has 0 spiro atoms. The molecule has 0 fully saturated rings. The molecular weight excluding hydrogens is 300 g/mol. The SMILES string of the molecule is COC(=O)c1ccc(-c2cccc(OCc3ccccc3)c2)cc1. The van der Waals surface area contributed by atoms with E-state index in [0.29, 0.717) is 12.2 Å². The van der Waals surface area contributed by atoms with Crippen LogP contribution < -0.4 is 4.74 Å². The summed E-state index contributed by atoms with van der Waals surface area (Å²) < 4.78 is 10.6. The number of rotatable bonds is 5. The summed E-state index contributed by atoms with van der Waals surface area (Å²) in [6.45, 7) is 0.533. The smallest absolute Gasteiger partial charge is 0.337 e. The molecule has 0 atom stereocenters. The molecule has 24 heavy (non-hydrogen) atoms. The van der Waals surface area contributed by atoms with E-state index in [1.54, 1.807) is 12.1 Å². The highest BCUT2D eigenvalue weighted by molar-refractivity contribution is 5.90. The second-order valence-electron chi connectivity index (χ2n) is 5.37. The molecule has 0 radical (unpaired) electrons. The molecule has 0 N–H and O–H groups in total. The third kappa shape index (κ3) is 3.82. The van der Waals surface area contributed by atoms with Gasteiger partial charge in [0.25, 0.3) is 0 Å². The van der Waals surface area contributed by atoms with Gasteiger partial charge in [-0.05, 0) is 41.0 Å². The maximum absolute atomic E-state index is 11.5. The van der Waals surface area contributed by atoms with Crippen molar-refractivity contribution < 1.29 is 14.3 Å². The van der Waals surface area contributed by atoms with Gasteiger partial charge in [-0.25, -0.2) is 4.79 Å². The predicted molar refractivity (Wildman–Crippen MR) is 94.0 cm³/mol. The summed E-state index contributed by atoms with van der Waals surface area (Å²) in [4.78, 5) is 11.5. The molecule has 0 aromatic heterocycles. The third-order valence-electron chi connectivity index (χ3n) is 3.72. The molecule has 3 aromatic rings. The van der Waals surface area contributed by atoms with Crippen molar-refractivity contribution in [3.63, 3.8) is 0 Å². The van der Waals surface area contributed by atoms with Gasteiger partial charge in [0, 0.05) is 0 Å². The van der Waals surface area contributed by atoms with Crippen LogP contribution in [0.2, 0.25) is 0 Å².